The van der Waals surface area contributed by atoms with E-state index in [-0.39, 0.29) is 27.4 Å². The third-order valence-corrected chi connectivity index (χ3v) is 5.80. The van der Waals surface area contributed by atoms with Gasteiger partial charge in [0.25, 0.3) is 5.91 Å². The second-order valence-electron chi connectivity index (χ2n) is 6.96. The highest BCUT2D eigenvalue weighted by Crippen LogP contribution is 2.34. The summed E-state index contributed by atoms with van der Waals surface area (Å²) in [7, 11) is 1.76. The molecule has 1 fully saturated rings. The van der Waals surface area contributed by atoms with E-state index in [1.807, 2.05) is 4.90 Å². The maximum absolute atomic E-state index is 14.1. The average molecular weight is 449 g/mol. The van der Waals surface area contributed by atoms with Gasteiger partial charge in [0.15, 0.2) is 11.5 Å². The van der Waals surface area contributed by atoms with Gasteiger partial charge in [0.2, 0.25) is 0 Å². The number of carbonyl (C=O) groups excluding carboxylic acids is 1. The van der Waals surface area contributed by atoms with Gasteiger partial charge in [0, 0.05) is 26.7 Å². The molecular formula is C19H21F2N7O2S. The van der Waals surface area contributed by atoms with E-state index in [0.29, 0.717) is 37.7 Å². The highest BCUT2D eigenvalue weighted by molar-refractivity contribution is 7.19. The standard InChI is InChI=1S/C19H21F2N7O2S/c1-27-19(28-5-6-30-10(7-22)9-28)13(8-24-27)25-17(29)15-16(23)31-18(26-15)14-11(20)3-2-4-12(14)21/h2-4,8,10H,5-7,9,22-23H2,1H3,(H,25,29). The normalized spacial score (nSPS) is 16.5. The Hall–Kier alpha value is -3.09. The number of carbonyl (C=O) groups is 1. The minimum Gasteiger partial charge on any atom is -0.389 e. The predicted molar refractivity (Wildman–Crippen MR) is 114 cm³/mol. The number of hydrogen-bond donors (Lipinski definition) is 3. The molecule has 4 rings (SSSR count). The fourth-order valence-corrected chi connectivity index (χ4v) is 4.31. The summed E-state index contributed by atoms with van der Waals surface area (Å²) in [5.74, 6) is -1.48. The van der Waals surface area contributed by atoms with Gasteiger partial charge in [-0.25, -0.2) is 13.8 Å². The number of anilines is 3. The number of rotatable bonds is 5. The predicted octanol–water partition coefficient (Wildman–Crippen LogP) is 1.82. The molecule has 3 aromatic rings. The van der Waals surface area contributed by atoms with Crippen LogP contribution in [0.15, 0.2) is 24.4 Å². The number of aromatic nitrogens is 3. The lowest BCUT2D eigenvalue weighted by Crippen LogP contribution is -2.46. The van der Waals surface area contributed by atoms with E-state index < -0.39 is 17.5 Å². The molecular weight excluding hydrogens is 428 g/mol. The molecule has 1 saturated heterocycles. The Balaban J connectivity index is 1.60. The number of morpholine rings is 1. The molecule has 12 heteroatoms. The van der Waals surface area contributed by atoms with Gasteiger partial charge in [-0.05, 0) is 12.1 Å². The van der Waals surface area contributed by atoms with Gasteiger partial charge in [-0.2, -0.15) is 5.10 Å². The van der Waals surface area contributed by atoms with Gasteiger partial charge in [0.05, 0.1) is 24.5 Å². The summed E-state index contributed by atoms with van der Waals surface area (Å²) in [6, 6.07) is 3.49. The summed E-state index contributed by atoms with van der Waals surface area (Å²) < 4.78 is 35.4. The van der Waals surface area contributed by atoms with Crippen molar-refractivity contribution in [2.45, 2.75) is 6.10 Å². The van der Waals surface area contributed by atoms with Crippen molar-refractivity contribution in [3.63, 3.8) is 0 Å². The van der Waals surface area contributed by atoms with Crippen LogP contribution in [-0.2, 0) is 11.8 Å². The van der Waals surface area contributed by atoms with Crippen LogP contribution in [0.25, 0.3) is 10.6 Å². The number of nitrogens with one attached hydrogen (secondary N) is 1. The zero-order valence-corrected chi connectivity index (χ0v) is 17.5. The maximum Gasteiger partial charge on any atom is 0.277 e. The van der Waals surface area contributed by atoms with Crippen LogP contribution in [0, 0.1) is 11.6 Å². The number of nitrogens with two attached hydrogens (primary N) is 2. The van der Waals surface area contributed by atoms with Crippen LogP contribution >= 0.6 is 11.3 Å². The largest absolute Gasteiger partial charge is 0.389 e. The van der Waals surface area contributed by atoms with Crippen molar-refractivity contribution in [1.29, 1.82) is 0 Å². The Bertz CT molecular complexity index is 1100. The number of amides is 1. The molecule has 1 amide bonds. The van der Waals surface area contributed by atoms with Crippen molar-refractivity contribution in [3.8, 4) is 10.6 Å². The fraction of sp³-hybridized carbons (Fsp3) is 0.316. The van der Waals surface area contributed by atoms with Crippen LogP contribution in [-0.4, -0.2) is 53.0 Å². The molecule has 31 heavy (non-hydrogen) atoms. The summed E-state index contributed by atoms with van der Waals surface area (Å²) in [5, 5.41) is 7.02. The molecule has 1 unspecified atom stereocenters. The molecule has 164 valence electrons. The molecule has 0 radical (unpaired) electrons. The van der Waals surface area contributed by atoms with Crippen molar-refractivity contribution < 1.29 is 18.3 Å². The number of halogens is 2. The van der Waals surface area contributed by atoms with Crippen molar-refractivity contribution in [2.75, 3.05) is 42.2 Å². The number of aryl methyl sites for hydroxylation is 1. The van der Waals surface area contributed by atoms with Gasteiger partial charge < -0.3 is 26.4 Å². The van der Waals surface area contributed by atoms with Gasteiger partial charge in [-0.1, -0.05) is 17.4 Å². The number of hydrogen-bond acceptors (Lipinski definition) is 8. The topological polar surface area (TPSA) is 124 Å². The minimum atomic E-state index is -0.781. The van der Waals surface area contributed by atoms with E-state index in [1.165, 1.54) is 12.3 Å². The van der Waals surface area contributed by atoms with Gasteiger partial charge in [-0.15, -0.1) is 0 Å². The summed E-state index contributed by atoms with van der Waals surface area (Å²) in [5.41, 5.74) is 11.7. The molecule has 0 saturated carbocycles. The number of thiazole rings is 1. The fourth-order valence-electron chi connectivity index (χ4n) is 3.43. The van der Waals surface area contributed by atoms with E-state index in [2.05, 4.69) is 15.4 Å². The summed E-state index contributed by atoms with van der Waals surface area (Å²) in [4.78, 5) is 19.0. The smallest absolute Gasteiger partial charge is 0.277 e. The zero-order valence-electron chi connectivity index (χ0n) is 16.6. The summed E-state index contributed by atoms with van der Waals surface area (Å²) in [6.07, 6.45) is 1.39. The summed E-state index contributed by atoms with van der Waals surface area (Å²) >= 11 is 0.840. The lowest BCUT2D eigenvalue weighted by Gasteiger charge is -2.34. The average Bonchev–Trinajstić information content (AvgIpc) is 3.30. The third-order valence-electron chi connectivity index (χ3n) is 4.90. The molecule has 1 aliphatic heterocycles. The quantitative estimate of drug-likeness (QED) is 0.543. The highest BCUT2D eigenvalue weighted by Gasteiger charge is 2.27. The number of ether oxygens (including phenoxy) is 1. The Labute approximate surface area is 180 Å². The first kappa shape index (κ1) is 21.2. The number of nitrogen functional groups attached to an aromatic ring is 1. The highest BCUT2D eigenvalue weighted by atomic mass is 32.1. The lowest BCUT2D eigenvalue weighted by molar-refractivity contribution is 0.0461. The van der Waals surface area contributed by atoms with Gasteiger partial charge in [0.1, 0.15) is 27.3 Å². The zero-order chi connectivity index (χ0) is 22.1. The number of benzene rings is 1. The first-order chi connectivity index (χ1) is 14.9. The van der Waals surface area contributed by atoms with E-state index in [0.717, 1.165) is 23.5 Å². The Morgan fingerprint density at radius 1 is 1.39 bits per heavy atom. The first-order valence-corrected chi connectivity index (χ1v) is 10.3. The third kappa shape index (κ3) is 4.09. The second-order valence-corrected chi connectivity index (χ2v) is 7.99. The maximum atomic E-state index is 14.1. The van der Waals surface area contributed by atoms with E-state index >= 15 is 0 Å². The van der Waals surface area contributed by atoms with Crippen molar-refractivity contribution >= 4 is 33.8 Å². The molecule has 2 aromatic heterocycles. The molecule has 1 aliphatic rings. The molecule has 3 heterocycles. The van der Waals surface area contributed by atoms with Crippen LogP contribution < -0.4 is 21.7 Å². The van der Waals surface area contributed by atoms with Crippen LogP contribution in [0.5, 0.6) is 0 Å². The second kappa shape index (κ2) is 8.57. The molecule has 9 nitrogen and oxygen atoms in total. The van der Waals surface area contributed by atoms with Crippen LogP contribution in [0.1, 0.15) is 10.5 Å². The Morgan fingerprint density at radius 2 is 2.13 bits per heavy atom. The molecule has 1 atom stereocenters. The lowest BCUT2D eigenvalue weighted by atomic mass is 10.2. The van der Waals surface area contributed by atoms with Crippen LogP contribution in [0.4, 0.5) is 25.3 Å². The first-order valence-electron chi connectivity index (χ1n) is 9.49. The SMILES string of the molecule is Cn1ncc(NC(=O)c2nc(-c3c(F)cccc3F)sc2N)c1N1CCOC(CN)C1. The van der Waals surface area contributed by atoms with Crippen LogP contribution in [0.3, 0.4) is 0 Å². The van der Waals surface area contributed by atoms with Gasteiger partial charge >= 0.3 is 0 Å². The van der Waals surface area contributed by atoms with Crippen molar-refractivity contribution in [1.82, 2.24) is 14.8 Å². The van der Waals surface area contributed by atoms with E-state index in [1.54, 1.807) is 11.7 Å². The molecule has 0 spiro atoms. The van der Waals surface area contributed by atoms with Crippen molar-refractivity contribution in [2.24, 2.45) is 12.8 Å². The Kier molecular flexibility index (Phi) is 5.85. The molecule has 0 aliphatic carbocycles. The molecule has 5 N–H and O–H groups in total. The van der Waals surface area contributed by atoms with E-state index in [9.17, 15) is 13.6 Å². The van der Waals surface area contributed by atoms with Crippen LogP contribution in [0.2, 0.25) is 0 Å². The van der Waals surface area contributed by atoms with Gasteiger partial charge in [-0.3, -0.25) is 9.48 Å². The monoisotopic (exact) mass is 449 g/mol. The minimum absolute atomic E-state index is 0.0105. The summed E-state index contributed by atoms with van der Waals surface area (Å²) in [6.45, 7) is 2.03. The number of nitrogens with zero attached hydrogens (tertiary/aromatic N) is 4. The van der Waals surface area contributed by atoms with E-state index in [4.69, 9.17) is 16.2 Å². The molecule has 1 aromatic carbocycles. The van der Waals surface area contributed by atoms with Crippen molar-refractivity contribution in [3.05, 3.63) is 41.7 Å². The Morgan fingerprint density at radius 3 is 2.84 bits per heavy atom. The molecule has 0 bridgehead atoms.